The van der Waals surface area contributed by atoms with Gasteiger partial charge in [0.05, 0.1) is 11.5 Å². The molecule has 2 saturated heterocycles. The monoisotopic (exact) mass is 382 g/mol. The molecule has 1 spiro atoms. The first kappa shape index (κ1) is 19.1. The van der Waals surface area contributed by atoms with Crippen LogP contribution < -0.4 is 4.74 Å². The van der Waals surface area contributed by atoms with Crippen LogP contribution in [0.3, 0.4) is 0 Å². The molecule has 2 fully saturated rings. The van der Waals surface area contributed by atoms with E-state index in [1.54, 1.807) is 11.9 Å². The molecule has 0 unspecified atom stereocenters. The molecule has 0 radical (unpaired) electrons. The molecule has 1 aromatic carbocycles. The van der Waals surface area contributed by atoms with E-state index in [1.807, 2.05) is 0 Å². The van der Waals surface area contributed by atoms with Gasteiger partial charge in [-0.1, -0.05) is 6.07 Å². The highest BCUT2D eigenvalue weighted by Gasteiger charge is 2.55. The fourth-order valence-corrected chi connectivity index (χ4v) is 4.07. The number of ether oxygens (including phenoxy) is 1. The summed E-state index contributed by atoms with van der Waals surface area (Å²) in [6, 6.07) is 5.56. The Kier molecular flexibility index (Phi) is 5.03. The van der Waals surface area contributed by atoms with Crippen molar-refractivity contribution in [3.8, 4) is 5.75 Å². The molecular weight excluding hydrogens is 362 g/mol. The number of halogens is 2. The van der Waals surface area contributed by atoms with Crippen LogP contribution in [0.4, 0.5) is 8.78 Å². The van der Waals surface area contributed by atoms with Crippen LogP contribution in [0, 0.1) is 5.92 Å². The summed E-state index contributed by atoms with van der Waals surface area (Å²) in [4.78, 5) is 39.4. The van der Waals surface area contributed by atoms with Gasteiger partial charge >= 0.3 is 12.6 Å². The highest BCUT2D eigenvalue weighted by Crippen LogP contribution is 2.43. The van der Waals surface area contributed by atoms with E-state index < -0.39 is 24.0 Å². The number of piperidine rings is 1. The molecule has 2 amide bonds. The molecule has 1 aromatic rings. The van der Waals surface area contributed by atoms with Crippen molar-refractivity contribution in [2.45, 2.75) is 31.4 Å². The van der Waals surface area contributed by atoms with Gasteiger partial charge in [-0.25, -0.2) is 0 Å². The maximum absolute atomic E-state index is 12.7. The molecule has 0 aromatic heterocycles. The van der Waals surface area contributed by atoms with Crippen LogP contribution in [0.25, 0.3) is 0 Å². The van der Waals surface area contributed by atoms with E-state index in [1.165, 1.54) is 29.2 Å². The summed E-state index contributed by atoms with van der Waals surface area (Å²) in [5.74, 6) is -2.46. The minimum atomic E-state index is -2.98. The minimum absolute atomic E-state index is 0.0349. The first-order chi connectivity index (χ1) is 12.7. The predicted octanol–water partition coefficient (Wildman–Crippen LogP) is 1.83. The second-order valence-corrected chi connectivity index (χ2v) is 6.85. The quantitative estimate of drug-likeness (QED) is 0.859. The second-order valence-electron chi connectivity index (χ2n) is 6.85. The van der Waals surface area contributed by atoms with Crippen molar-refractivity contribution >= 4 is 17.8 Å². The molecule has 146 valence electrons. The second kappa shape index (κ2) is 7.13. The van der Waals surface area contributed by atoms with Crippen LogP contribution in [0.15, 0.2) is 24.3 Å². The highest BCUT2D eigenvalue weighted by molar-refractivity contribution is 5.95. The fraction of sp³-hybridized carbons (Fsp3) is 0.500. The van der Waals surface area contributed by atoms with Crippen molar-refractivity contribution in [2.24, 2.45) is 5.92 Å². The topological polar surface area (TPSA) is 87.2 Å². The lowest BCUT2D eigenvalue weighted by atomic mass is 9.77. The Morgan fingerprint density at radius 1 is 1.30 bits per heavy atom. The summed E-state index contributed by atoms with van der Waals surface area (Å²) in [6.07, 6.45) is 0.670. The molecule has 0 bridgehead atoms. The highest BCUT2D eigenvalue weighted by atomic mass is 19.3. The van der Waals surface area contributed by atoms with Crippen LogP contribution in [-0.2, 0) is 9.59 Å². The zero-order valence-electron chi connectivity index (χ0n) is 14.7. The van der Waals surface area contributed by atoms with E-state index in [-0.39, 0.29) is 42.6 Å². The maximum Gasteiger partial charge on any atom is 0.387 e. The average Bonchev–Trinajstić information content (AvgIpc) is 2.87. The third-order valence-electron chi connectivity index (χ3n) is 5.59. The van der Waals surface area contributed by atoms with Gasteiger partial charge in [-0.2, -0.15) is 8.78 Å². The predicted molar refractivity (Wildman–Crippen MR) is 89.5 cm³/mol. The number of hydrogen-bond donors (Lipinski definition) is 1. The molecule has 2 heterocycles. The maximum atomic E-state index is 12.7. The number of rotatable bonds is 4. The molecule has 7 nitrogen and oxygen atoms in total. The minimum Gasteiger partial charge on any atom is -0.481 e. The standard InChI is InChI=1S/C18H20F2N2O5/c1-21-14(23)10-13(16(25)26)18(21)5-7-22(8-6-18)15(24)11-3-2-4-12(9-11)27-17(19)20/h2-4,9,13,17H,5-8,10H2,1H3,(H,25,26)/t13-/m0/s1. The normalized spacial score (nSPS) is 21.8. The van der Waals surface area contributed by atoms with E-state index in [0.717, 1.165) is 0 Å². The molecule has 9 heteroatoms. The van der Waals surface area contributed by atoms with Gasteiger partial charge in [0.15, 0.2) is 0 Å². The van der Waals surface area contributed by atoms with Gasteiger partial charge in [-0.3, -0.25) is 14.4 Å². The Morgan fingerprint density at radius 2 is 1.96 bits per heavy atom. The number of likely N-dealkylation sites (tertiary alicyclic amines) is 2. The molecule has 0 saturated carbocycles. The molecule has 27 heavy (non-hydrogen) atoms. The number of carboxylic acid groups (broad SMARTS) is 1. The van der Waals surface area contributed by atoms with E-state index in [2.05, 4.69) is 4.74 Å². The van der Waals surface area contributed by atoms with E-state index >= 15 is 0 Å². The summed E-state index contributed by atoms with van der Waals surface area (Å²) < 4.78 is 29.0. The van der Waals surface area contributed by atoms with Crippen LogP contribution in [0.1, 0.15) is 29.6 Å². The van der Waals surface area contributed by atoms with Crippen LogP contribution in [0.5, 0.6) is 5.75 Å². The molecule has 1 N–H and O–H groups in total. The van der Waals surface area contributed by atoms with Gasteiger partial charge in [0.25, 0.3) is 5.91 Å². The van der Waals surface area contributed by atoms with Crippen LogP contribution >= 0.6 is 0 Å². The largest absolute Gasteiger partial charge is 0.481 e. The van der Waals surface area contributed by atoms with Crippen molar-refractivity contribution in [1.29, 1.82) is 0 Å². The van der Waals surface area contributed by atoms with Crippen molar-refractivity contribution in [2.75, 3.05) is 20.1 Å². The van der Waals surface area contributed by atoms with Gasteiger partial charge in [-0.05, 0) is 31.0 Å². The van der Waals surface area contributed by atoms with E-state index in [4.69, 9.17) is 0 Å². The Hall–Kier alpha value is -2.71. The van der Waals surface area contributed by atoms with Crippen LogP contribution in [-0.4, -0.2) is 65.0 Å². The van der Waals surface area contributed by atoms with Crippen LogP contribution in [0.2, 0.25) is 0 Å². The SMILES string of the molecule is CN1C(=O)C[C@@H](C(=O)O)C12CCN(C(=O)c1cccc(OC(F)F)c1)CC2. The zero-order valence-corrected chi connectivity index (χ0v) is 14.7. The van der Waals surface area contributed by atoms with Gasteiger partial charge in [0, 0.05) is 32.1 Å². The Balaban J connectivity index is 1.73. The molecule has 2 aliphatic rings. The molecule has 1 atom stereocenters. The number of amides is 2. The average molecular weight is 382 g/mol. The van der Waals surface area contributed by atoms with Crippen molar-refractivity contribution in [1.82, 2.24) is 9.80 Å². The van der Waals surface area contributed by atoms with Gasteiger partial charge < -0.3 is 19.6 Å². The van der Waals surface area contributed by atoms with Crippen molar-refractivity contribution in [3.05, 3.63) is 29.8 Å². The lowest BCUT2D eigenvalue weighted by molar-refractivity contribution is -0.145. The number of hydrogen-bond acceptors (Lipinski definition) is 4. The number of carbonyl (C=O) groups excluding carboxylic acids is 2. The summed E-state index contributed by atoms with van der Waals surface area (Å²) >= 11 is 0. The van der Waals surface area contributed by atoms with E-state index in [0.29, 0.717) is 12.8 Å². The Labute approximate surface area is 154 Å². The Morgan fingerprint density at radius 3 is 2.56 bits per heavy atom. The third-order valence-corrected chi connectivity index (χ3v) is 5.59. The Bertz CT molecular complexity index is 762. The molecule has 3 rings (SSSR count). The van der Waals surface area contributed by atoms with E-state index in [9.17, 15) is 28.3 Å². The lowest BCUT2D eigenvalue weighted by Crippen LogP contribution is -2.56. The first-order valence-corrected chi connectivity index (χ1v) is 8.58. The van der Waals surface area contributed by atoms with Crippen molar-refractivity contribution < 1.29 is 33.0 Å². The summed E-state index contributed by atoms with van der Waals surface area (Å²) in [6.45, 7) is -2.42. The first-order valence-electron chi connectivity index (χ1n) is 8.58. The molecule has 2 aliphatic heterocycles. The summed E-state index contributed by atoms with van der Waals surface area (Å²) in [5, 5.41) is 9.49. The van der Waals surface area contributed by atoms with Gasteiger partial charge in [0.2, 0.25) is 5.91 Å². The number of alkyl halides is 2. The summed E-state index contributed by atoms with van der Waals surface area (Å²) in [5.41, 5.74) is -0.574. The fourth-order valence-electron chi connectivity index (χ4n) is 4.07. The number of carboxylic acids is 1. The van der Waals surface area contributed by atoms with Crippen molar-refractivity contribution in [3.63, 3.8) is 0 Å². The number of aliphatic carboxylic acids is 1. The smallest absolute Gasteiger partial charge is 0.387 e. The number of nitrogens with zero attached hydrogens (tertiary/aromatic N) is 2. The van der Waals surface area contributed by atoms with Gasteiger partial charge in [0.1, 0.15) is 5.75 Å². The van der Waals surface area contributed by atoms with Gasteiger partial charge in [-0.15, -0.1) is 0 Å². The molecular formula is C18H20F2N2O5. The zero-order chi connectivity index (χ0) is 19.8. The summed E-state index contributed by atoms with van der Waals surface area (Å²) in [7, 11) is 1.61. The number of carbonyl (C=O) groups is 3. The third kappa shape index (κ3) is 3.45. The number of benzene rings is 1. The molecule has 0 aliphatic carbocycles. The lowest BCUT2D eigenvalue weighted by Gasteiger charge is -2.45.